The van der Waals surface area contributed by atoms with E-state index in [4.69, 9.17) is 16.3 Å². The molecule has 4 nitrogen and oxygen atoms in total. The normalized spacial score (nSPS) is 21.2. The van der Waals surface area contributed by atoms with Gasteiger partial charge in [-0.05, 0) is 17.7 Å². The summed E-state index contributed by atoms with van der Waals surface area (Å²) in [6.45, 7) is 0. The van der Waals surface area contributed by atoms with Crippen LogP contribution in [-0.2, 0) is 16.0 Å². The van der Waals surface area contributed by atoms with Crippen molar-refractivity contribution in [1.82, 2.24) is 9.38 Å². The van der Waals surface area contributed by atoms with E-state index >= 15 is 0 Å². The summed E-state index contributed by atoms with van der Waals surface area (Å²) < 4.78 is 7.50. The molecule has 0 amide bonds. The van der Waals surface area contributed by atoms with Gasteiger partial charge in [0.15, 0.2) is 4.96 Å². The number of esters is 1. The van der Waals surface area contributed by atoms with E-state index in [0.717, 1.165) is 26.8 Å². The Labute approximate surface area is 165 Å². The van der Waals surface area contributed by atoms with Crippen molar-refractivity contribution in [1.29, 1.82) is 0 Å². The number of allylic oxidation sites excluding steroid dienone is 2. The highest BCUT2D eigenvalue weighted by molar-refractivity contribution is 7.17. The molecule has 0 radical (unpaired) electrons. The van der Waals surface area contributed by atoms with Gasteiger partial charge in [-0.1, -0.05) is 54.1 Å². The van der Waals surface area contributed by atoms with Crippen LogP contribution in [0.1, 0.15) is 16.1 Å². The topological polar surface area (TPSA) is 43.6 Å². The van der Waals surface area contributed by atoms with Gasteiger partial charge in [-0.2, -0.15) is 0 Å². The van der Waals surface area contributed by atoms with E-state index in [9.17, 15) is 4.79 Å². The summed E-state index contributed by atoms with van der Waals surface area (Å²) in [5.41, 5.74) is 2.27. The molecule has 5 rings (SSSR count). The molecule has 0 N–H and O–H groups in total. The minimum absolute atomic E-state index is 0.0678. The molecule has 1 aromatic carbocycles. The second-order valence-corrected chi connectivity index (χ2v) is 8.08. The third kappa shape index (κ3) is 3.03. The zero-order valence-electron chi connectivity index (χ0n) is 14.2. The summed E-state index contributed by atoms with van der Waals surface area (Å²) in [4.78, 5) is 19.0. The Morgan fingerprint density at radius 1 is 1.19 bits per heavy atom. The van der Waals surface area contributed by atoms with Gasteiger partial charge < -0.3 is 4.74 Å². The number of halogens is 1. The molecule has 6 heteroatoms. The summed E-state index contributed by atoms with van der Waals surface area (Å²) in [5.74, 6) is -0.253. The Morgan fingerprint density at radius 3 is 2.89 bits per heavy atom. The highest BCUT2D eigenvalue weighted by Crippen LogP contribution is 2.31. The van der Waals surface area contributed by atoms with Crippen molar-refractivity contribution >= 4 is 39.4 Å². The van der Waals surface area contributed by atoms with Crippen molar-refractivity contribution < 1.29 is 9.53 Å². The maximum Gasteiger partial charge on any atom is 0.340 e. The van der Waals surface area contributed by atoms with Crippen molar-refractivity contribution in [2.45, 2.75) is 12.5 Å². The average Bonchev–Trinajstić information content (AvgIpc) is 3.21. The van der Waals surface area contributed by atoms with Crippen LogP contribution in [0.5, 0.6) is 0 Å². The lowest BCUT2D eigenvalue weighted by Crippen LogP contribution is -2.29. The standard InChI is InChI=1S/C21H15ClN2O2S/c22-17-7-3-1-5-13(17)9-15-11-24-12-18(23-21(24)27-15)16-10-14-6-2-4-8-19(14)26-20(16)25/h1-8,10-12,14,19H,9H2. The van der Waals surface area contributed by atoms with Crippen LogP contribution in [0.25, 0.3) is 10.5 Å². The molecule has 0 bridgehead atoms. The predicted octanol–water partition coefficient (Wildman–Crippen LogP) is 4.69. The van der Waals surface area contributed by atoms with Crippen LogP contribution in [0.4, 0.5) is 0 Å². The van der Waals surface area contributed by atoms with Crippen LogP contribution in [0.2, 0.25) is 5.02 Å². The number of rotatable bonds is 3. The Balaban J connectivity index is 1.44. The van der Waals surface area contributed by atoms with Gasteiger partial charge in [-0.3, -0.25) is 4.40 Å². The third-order valence-corrected chi connectivity index (χ3v) is 6.11. The van der Waals surface area contributed by atoms with Crippen LogP contribution < -0.4 is 0 Å². The second kappa shape index (κ2) is 6.51. The number of imidazole rings is 1. The highest BCUT2D eigenvalue weighted by Gasteiger charge is 2.31. The van der Waals surface area contributed by atoms with E-state index in [1.54, 1.807) is 11.3 Å². The number of hydrogen-bond acceptors (Lipinski definition) is 4. The van der Waals surface area contributed by atoms with Crippen molar-refractivity contribution in [2.75, 3.05) is 0 Å². The van der Waals surface area contributed by atoms with Crippen LogP contribution in [0.15, 0.2) is 67.0 Å². The molecular formula is C21H15ClN2O2S. The molecule has 0 fully saturated rings. The SMILES string of the molecule is O=C1OC2C=CC=CC2C=C1c1cn2cc(Cc3ccccc3Cl)sc2n1. The van der Waals surface area contributed by atoms with Gasteiger partial charge in [0.1, 0.15) is 6.10 Å². The lowest BCUT2D eigenvalue weighted by atomic mass is 9.92. The fourth-order valence-corrected chi connectivity index (χ4v) is 4.58. The molecule has 3 aromatic rings. The lowest BCUT2D eigenvalue weighted by molar-refractivity contribution is -0.141. The van der Waals surface area contributed by atoms with E-state index in [1.165, 1.54) is 0 Å². The molecule has 3 heterocycles. The van der Waals surface area contributed by atoms with E-state index in [0.29, 0.717) is 11.3 Å². The number of benzene rings is 1. The molecular weight excluding hydrogens is 380 g/mol. The van der Waals surface area contributed by atoms with Gasteiger partial charge in [0.2, 0.25) is 0 Å². The zero-order valence-corrected chi connectivity index (χ0v) is 15.8. The first-order valence-corrected chi connectivity index (χ1v) is 9.86. The van der Waals surface area contributed by atoms with E-state index in [1.807, 2.05) is 71.4 Å². The molecule has 1 aliphatic carbocycles. The van der Waals surface area contributed by atoms with Crippen molar-refractivity contribution in [3.05, 3.63) is 88.2 Å². The largest absolute Gasteiger partial charge is 0.454 e. The van der Waals surface area contributed by atoms with Crippen LogP contribution in [-0.4, -0.2) is 21.5 Å². The predicted molar refractivity (Wildman–Crippen MR) is 107 cm³/mol. The Bertz CT molecular complexity index is 1110. The highest BCUT2D eigenvalue weighted by atomic mass is 35.5. The monoisotopic (exact) mass is 394 g/mol. The van der Waals surface area contributed by atoms with Gasteiger partial charge >= 0.3 is 5.97 Å². The Hall–Kier alpha value is -2.63. The number of carbonyl (C=O) groups is 1. The fraction of sp³-hybridized carbons (Fsp3) is 0.143. The van der Waals surface area contributed by atoms with Crippen molar-refractivity contribution in [2.24, 2.45) is 5.92 Å². The summed E-state index contributed by atoms with van der Waals surface area (Å²) in [6.07, 6.45) is 14.2. The smallest absolute Gasteiger partial charge is 0.340 e. The number of thiazole rings is 1. The number of carbonyl (C=O) groups excluding carboxylic acids is 1. The zero-order chi connectivity index (χ0) is 18.4. The first-order chi connectivity index (χ1) is 13.2. The van der Waals surface area contributed by atoms with Gasteiger partial charge in [0.25, 0.3) is 0 Å². The Kier molecular flexibility index (Phi) is 3.99. The molecule has 27 heavy (non-hydrogen) atoms. The lowest BCUT2D eigenvalue weighted by Gasteiger charge is -2.26. The van der Waals surface area contributed by atoms with Gasteiger partial charge in [-0.25, -0.2) is 9.78 Å². The summed E-state index contributed by atoms with van der Waals surface area (Å²) in [7, 11) is 0. The molecule has 2 aliphatic rings. The maximum atomic E-state index is 12.4. The van der Waals surface area contributed by atoms with Gasteiger partial charge in [0.05, 0.1) is 11.3 Å². The number of ether oxygens (including phenoxy) is 1. The maximum absolute atomic E-state index is 12.4. The third-order valence-electron chi connectivity index (χ3n) is 4.75. The molecule has 134 valence electrons. The van der Waals surface area contributed by atoms with Crippen LogP contribution in [0, 0.1) is 5.92 Å². The van der Waals surface area contributed by atoms with E-state index in [-0.39, 0.29) is 18.0 Å². The molecule has 2 unspecified atom stereocenters. The van der Waals surface area contributed by atoms with Gasteiger partial charge in [-0.15, -0.1) is 11.3 Å². The molecule has 1 aliphatic heterocycles. The number of hydrogen-bond donors (Lipinski definition) is 0. The van der Waals surface area contributed by atoms with Crippen molar-refractivity contribution in [3.63, 3.8) is 0 Å². The van der Waals surface area contributed by atoms with E-state index in [2.05, 4.69) is 4.98 Å². The van der Waals surface area contributed by atoms with Crippen LogP contribution in [0.3, 0.4) is 0 Å². The van der Waals surface area contributed by atoms with Crippen LogP contribution >= 0.6 is 22.9 Å². The quantitative estimate of drug-likeness (QED) is 0.605. The summed E-state index contributed by atoms with van der Waals surface area (Å²) in [5, 5.41) is 0.767. The number of aromatic nitrogens is 2. The van der Waals surface area contributed by atoms with Crippen molar-refractivity contribution in [3.8, 4) is 0 Å². The minimum Gasteiger partial charge on any atom is -0.454 e. The first kappa shape index (κ1) is 16.5. The fourth-order valence-electron chi connectivity index (χ4n) is 3.39. The molecule has 0 saturated carbocycles. The minimum atomic E-state index is -0.321. The Morgan fingerprint density at radius 2 is 2.04 bits per heavy atom. The number of nitrogens with zero attached hydrogens (tertiary/aromatic N) is 2. The molecule has 2 aromatic heterocycles. The van der Waals surface area contributed by atoms with E-state index < -0.39 is 0 Å². The van der Waals surface area contributed by atoms with Gasteiger partial charge in [0, 0.05) is 34.6 Å². The summed E-state index contributed by atoms with van der Waals surface area (Å²) >= 11 is 7.86. The summed E-state index contributed by atoms with van der Waals surface area (Å²) in [6, 6.07) is 7.85. The molecule has 0 saturated heterocycles. The number of fused-ring (bicyclic) bond motifs is 2. The molecule has 0 spiro atoms. The second-order valence-electron chi connectivity index (χ2n) is 6.58. The average molecular weight is 395 g/mol. The molecule has 2 atom stereocenters. The first-order valence-electron chi connectivity index (χ1n) is 8.66.